The summed E-state index contributed by atoms with van der Waals surface area (Å²) in [4.78, 5) is 17.9. The van der Waals surface area contributed by atoms with Gasteiger partial charge in [-0.3, -0.25) is 4.79 Å². The summed E-state index contributed by atoms with van der Waals surface area (Å²) in [5.41, 5.74) is 0. The summed E-state index contributed by atoms with van der Waals surface area (Å²) in [5, 5.41) is 16.3. The Morgan fingerprint density at radius 3 is 1.30 bits per heavy atom. The predicted molar refractivity (Wildman–Crippen MR) is 29.0 cm³/mol. The SMILES string of the molecule is CC(=O)O.CC(=O)[O-].N.[Ag+]. The molecule has 4 N–H and O–H groups in total. The predicted octanol–water partition coefficient (Wildman–Crippen LogP) is -0.993. The van der Waals surface area contributed by atoms with E-state index in [1.807, 2.05) is 0 Å². The summed E-state index contributed by atoms with van der Waals surface area (Å²) in [6, 6.07) is 0. The van der Waals surface area contributed by atoms with Gasteiger partial charge in [0, 0.05) is 12.9 Å². The second kappa shape index (κ2) is 15.9. The minimum absolute atomic E-state index is 0. The minimum atomic E-state index is -1.08. The van der Waals surface area contributed by atoms with E-state index >= 15 is 0 Å². The van der Waals surface area contributed by atoms with E-state index in [2.05, 4.69) is 0 Å². The summed E-state index contributed by atoms with van der Waals surface area (Å²) < 4.78 is 0. The zero-order valence-electron chi connectivity index (χ0n) is 5.68. The van der Waals surface area contributed by atoms with Gasteiger partial charge >= 0.3 is 22.4 Å². The first-order valence-electron chi connectivity index (χ1n) is 1.84. The molecule has 0 saturated heterocycles. The Morgan fingerprint density at radius 2 is 1.30 bits per heavy atom. The Morgan fingerprint density at radius 1 is 1.30 bits per heavy atom. The monoisotopic (exact) mass is 243 g/mol. The number of aliphatic carboxylic acids is 2. The van der Waals surface area contributed by atoms with Crippen LogP contribution in [-0.4, -0.2) is 17.0 Å². The smallest absolute Gasteiger partial charge is 0.550 e. The molecule has 10 heavy (non-hydrogen) atoms. The quantitative estimate of drug-likeness (QED) is 0.531. The van der Waals surface area contributed by atoms with Crippen molar-refractivity contribution in [3.05, 3.63) is 0 Å². The molecule has 0 aromatic rings. The van der Waals surface area contributed by atoms with Crippen molar-refractivity contribution in [2.45, 2.75) is 13.8 Å². The molecule has 0 fully saturated rings. The molecule has 0 aromatic carbocycles. The van der Waals surface area contributed by atoms with Crippen LogP contribution in [0.1, 0.15) is 13.8 Å². The van der Waals surface area contributed by atoms with Gasteiger partial charge < -0.3 is 21.2 Å². The normalized spacial score (nSPS) is 5.00. The molecule has 0 aliphatic heterocycles. The first kappa shape index (κ1) is 22.6. The third-order valence-corrected chi connectivity index (χ3v) is 0. The Bertz CT molecular complexity index is 75.3. The standard InChI is InChI=1S/2C2H4O2.Ag.H3N/c2*1-2(3)4;;/h2*1H3,(H,3,4);;1H3/q;;+1;/p-1. The van der Waals surface area contributed by atoms with E-state index in [0.29, 0.717) is 0 Å². The number of rotatable bonds is 0. The maximum Gasteiger partial charge on any atom is 1.00 e. The van der Waals surface area contributed by atoms with Gasteiger partial charge in [-0.15, -0.1) is 0 Å². The summed E-state index contributed by atoms with van der Waals surface area (Å²) in [7, 11) is 0. The molecular weight excluding hydrogens is 234 g/mol. The van der Waals surface area contributed by atoms with Gasteiger partial charge in [0.25, 0.3) is 5.97 Å². The van der Waals surface area contributed by atoms with Crippen LogP contribution in [-0.2, 0) is 32.0 Å². The summed E-state index contributed by atoms with van der Waals surface area (Å²) >= 11 is 0. The number of carboxylic acid groups (broad SMARTS) is 2. The van der Waals surface area contributed by atoms with Crippen LogP contribution in [0.3, 0.4) is 0 Å². The molecule has 0 atom stereocenters. The number of carboxylic acids is 2. The van der Waals surface area contributed by atoms with E-state index in [0.717, 1.165) is 13.8 Å². The van der Waals surface area contributed by atoms with Crippen LogP contribution in [0.2, 0.25) is 0 Å². The third-order valence-electron chi connectivity index (χ3n) is 0. The topological polar surface area (TPSA) is 112 Å². The number of carbonyl (C=O) groups excluding carboxylic acids is 1. The van der Waals surface area contributed by atoms with Gasteiger partial charge in [0.1, 0.15) is 0 Å². The fourth-order valence-corrected chi connectivity index (χ4v) is 0. The van der Waals surface area contributed by atoms with Crippen LogP contribution in [0.15, 0.2) is 0 Å². The molecule has 66 valence electrons. The second-order valence-electron chi connectivity index (χ2n) is 1.01. The van der Waals surface area contributed by atoms with Crippen molar-refractivity contribution in [1.29, 1.82) is 0 Å². The average molecular weight is 244 g/mol. The molecule has 0 amide bonds. The molecule has 0 aromatic heterocycles. The average Bonchev–Trinajstić information content (AvgIpc) is 1.25. The van der Waals surface area contributed by atoms with Crippen molar-refractivity contribution < 1.29 is 42.2 Å². The van der Waals surface area contributed by atoms with E-state index in [9.17, 15) is 0 Å². The Hall–Kier alpha value is -0.360. The fraction of sp³-hybridized carbons (Fsp3) is 0.500. The third kappa shape index (κ3) is 2600. The maximum absolute atomic E-state index is 9.00. The summed E-state index contributed by atoms with van der Waals surface area (Å²) in [6.07, 6.45) is 0. The number of hydrogen-bond acceptors (Lipinski definition) is 4. The van der Waals surface area contributed by atoms with E-state index in [-0.39, 0.29) is 28.5 Å². The zero-order valence-corrected chi connectivity index (χ0v) is 7.16. The Labute approximate surface area is 74.5 Å². The maximum atomic E-state index is 9.00. The number of hydrogen-bond donors (Lipinski definition) is 2. The van der Waals surface area contributed by atoms with E-state index < -0.39 is 11.9 Å². The van der Waals surface area contributed by atoms with Gasteiger partial charge in [0.15, 0.2) is 0 Å². The van der Waals surface area contributed by atoms with Crippen molar-refractivity contribution in [3.8, 4) is 0 Å². The molecule has 6 heteroatoms. The first-order valence-corrected chi connectivity index (χ1v) is 1.84. The second-order valence-corrected chi connectivity index (χ2v) is 1.01. The Balaban J connectivity index is -0.0000000300. The van der Waals surface area contributed by atoms with Gasteiger partial charge in [0.2, 0.25) is 0 Å². The molecule has 0 bridgehead atoms. The molecule has 0 saturated carbocycles. The minimum Gasteiger partial charge on any atom is -0.550 e. The van der Waals surface area contributed by atoms with E-state index in [4.69, 9.17) is 19.8 Å². The van der Waals surface area contributed by atoms with Crippen LogP contribution in [0.4, 0.5) is 0 Å². The van der Waals surface area contributed by atoms with Crippen LogP contribution >= 0.6 is 0 Å². The van der Waals surface area contributed by atoms with Crippen LogP contribution in [0.25, 0.3) is 0 Å². The molecule has 0 aliphatic carbocycles. The van der Waals surface area contributed by atoms with Gasteiger partial charge in [0.05, 0.1) is 0 Å². The van der Waals surface area contributed by atoms with Crippen molar-refractivity contribution in [1.82, 2.24) is 6.15 Å². The molecule has 0 aliphatic rings. The van der Waals surface area contributed by atoms with Crippen molar-refractivity contribution in [2.24, 2.45) is 0 Å². The molecule has 0 rings (SSSR count). The fourth-order valence-electron chi connectivity index (χ4n) is 0. The summed E-state index contributed by atoms with van der Waals surface area (Å²) in [6.45, 7) is 2.06. The number of carbonyl (C=O) groups is 2. The largest absolute Gasteiger partial charge is 1.00 e. The van der Waals surface area contributed by atoms with Gasteiger partial charge in [-0.2, -0.15) is 0 Å². The Kier molecular flexibility index (Phi) is 35.9. The molecule has 5 nitrogen and oxygen atoms in total. The van der Waals surface area contributed by atoms with Gasteiger partial charge in [-0.1, -0.05) is 0 Å². The van der Waals surface area contributed by atoms with Gasteiger partial charge in [-0.25, -0.2) is 0 Å². The van der Waals surface area contributed by atoms with E-state index in [1.165, 1.54) is 0 Å². The molecule has 0 radical (unpaired) electrons. The van der Waals surface area contributed by atoms with Crippen LogP contribution < -0.4 is 11.3 Å². The van der Waals surface area contributed by atoms with Crippen molar-refractivity contribution in [2.75, 3.05) is 0 Å². The molecular formula is C4H10AgNO4. The van der Waals surface area contributed by atoms with Gasteiger partial charge in [-0.05, 0) is 6.92 Å². The van der Waals surface area contributed by atoms with Crippen molar-refractivity contribution in [3.63, 3.8) is 0 Å². The molecule has 0 heterocycles. The van der Waals surface area contributed by atoms with Crippen LogP contribution in [0.5, 0.6) is 0 Å². The van der Waals surface area contributed by atoms with Crippen molar-refractivity contribution >= 4 is 11.9 Å². The molecule has 0 spiro atoms. The first-order chi connectivity index (χ1) is 3.46. The zero-order chi connectivity index (χ0) is 7.15. The summed E-state index contributed by atoms with van der Waals surface area (Å²) in [5.74, 6) is -1.92. The van der Waals surface area contributed by atoms with Crippen LogP contribution in [0, 0.1) is 0 Å². The molecule has 0 unspecified atom stereocenters. The van der Waals surface area contributed by atoms with E-state index in [1.54, 1.807) is 0 Å².